The molecule has 1 aliphatic heterocycles. The van der Waals surface area contributed by atoms with Crippen LogP contribution < -0.4 is 4.74 Å². The Labute approximate surface area is 135 Å². The molecule has 3 rings (SSSR count). The van der Waals surface area contributed by atoms with Gasteiger partial charge in [-0.15, -0.1) is 11.3 Å². The molecule has 0 saturated carbocycles. The first-order valence-corrected chi connectivity index (χ1v) is 9.43. The summed E-state index contributed by atoms with van der Waals surface area (Å²) in [6.07, 6.45) is 3.86. The smallest absolute Gasteiger partial charge is 0.252 e. The molecule has 3 heterocycles. The molecular formula is C13H13BrN2O3S2. The minimum atomic E-state index is -3.42. The quantitative estimate of drug-likeness (QED) is 0.807. The third-order valence-corrected chi connectivity index (χ3v) is 7.14. The van der Waals surface area contributed by atoms with Gasteiger partial charge in [-0.05, 0) is 46.6 Å². The summed E-state index contributed by atoms with van der Waals surface area (Å²) < 4.78 is 33.4. The Hall–Kier alpha value is -0.960. The molecule has 1 atom stereocenters. The molecule has 0 aromatic carbocycles. The van der Waals surface area contributed by atoms with E-state index < -0.39 is 10.0 Å². The predicted octanol–water partition coefficient (Wildman–Crippen LogP) is 2.75. The van der Waals surface area contributed by atoms with Crippen LogP contribution in [0.3, 0.4) is 0 Å². The molecule has 0 radical (unpaired) electrons. The molecule has 112 valence electrons. The summed E-state index contributed by atoms with van der Waals surface area (Å²) in [6.45, 7) is 0.843. The van der Waals surface area contributed by atoms with Gasteiger partial charge < -0.3 is 4.74 Å². The van der Waals surface area contributed by atoms with E-state index in [0.717, 1.165) is 3.79 Å². The van der Waals surface area contributed by atoms with Crippen molar-refractivity contribution in [2.75, 3.05) is 13.1 Å². The molecule has 2 aromatic rings. The molecule has 1 aliphatic rings. The summed E-state index contributed by atoms with van der Waals surface area (Å²) in [5.74, 6) is 0.667. The van der Waals surface area contributed by atoms with Crippen LogP contribution in [-0.4, -0.2) is 36.9 Å². The van der Waals surface area contributed by atoms with Crippen LogP contribution in [0.15, 0.2) is 44.7 Å². The maximum absolute atomic E-state index is 12.5. The van der Waals surface area contributed by atoms with E-state index >= 15 is 0 Å². The van der Waals surface area contributed by atoms with Gasteiger partial charge in [-0.3, -0.25) is 4.98 Å². The molecule has 0 N–H and O–H groups in total. The lowest BCUT2D eigenvalue weighted by atomic mass is 10.3. The van der Waals surface area contributed by atoms with Gasteiger partial charge in [0.15, 0.2) is 0 Å². The third-order valence-electron chi connectivity index (χ3n) is 3.19. The van der Waals surface area contributed by atoms with Crippen molar-refractivity contribution in [1.29, 1.82) is 0 Å². The normalized spacial score (nSPS) is 19.8. The molecule has 0 aliphatic carbocycles. The van der Waals surface area contributed by atoms with Crippen LogP contribution in [0, 0.1) is 0 Å². The molecule has 21 heavy (non-hydrogen) atoms. The highest BCUT2D eigenvalue weighted by atomic mass is 79.9. The number of hydrogen-bond donors (Lipinski definition) is 0. The van der Waals surface area contributed by atoms with Gasteiger partial charge in [0, 0.05) is 12.7 Å². The summed E-state index contributed by atoms with van der Waals surface area (Å²) in [4.78, 5) is 3.98. The fraction of sp³-hybridized carbons (Fsp3) is 0.308. The molecule has 0 unspecified atom stereocenters. The largest absolute Gasteiger partial charge is 0.487 e. The number of ether oxygens (including phenoxy) is 1. The monoisotopic (exact) mass is 388 g/mol. The van der Waals surface area contributed by atoms with Crippen molar-refractivity contribution < 1.29 is 13.2 Å². The predicted molar refractivity (Wildman–Crippen MR) is 84.0 cm³/mol. The summed E-state index contributed by atoms with van der Waals surface area (Å²) in [6, 6.07) is 6.99. The first kappa shape index (κ1) is 15.0. The summed E-state index contributed by atoms with van der Waals surface area (Å²) >= 11 is 4.52. The summed E-state index contributed by atoms with van der Waals surface area (Å²) in [5, 5.41) is 0. The summed E-state index contributed by atoms with van der Waals surface area (Å²) in [7, 11) is -3.42. The minimum absolute atomic E-state index is 0.132. The van der Waals surface area contributed by atoms with Crippen LogP contribution in [-0.2, 0) is 10.0 Å². The zero-order chi connectivity index (χ0) is 14.9. The topological polar surface area (TPSA) is 59.5 Å². The zero-order valence-electron chi connectivity index (χ0n) is 11.0. The number of nitrogens with zero attached hydrogens (tertiary/aromatic N) is 2. The van der Waals surface area contributed by atoms with Crippen LogP contribution in [0.25, 0.3) is 0 Å². The van der Waals surface area contributed by atoms with Crippen molar-refractivity contribution in [3.8, 4) is 5.75 Å². The maximum atomic E-state index is 12.5. The maximum Gasteiger partial charge on any atom is 0.252 e. The van der Waals surface area contributed by atoms with E-state index in [0.29, 0.717) is 29.5 Å². The number of aromatic nitrogens is 1. The van der Waals surface area contributed by atoms with Crippen molar-refractivity contribution in [2.45, 2.75) is 16.7 Å². The van der Waals surface area contributed by atoms with Gasteiger partial charge in [-0.1, -0.05) is 0 Å². The standard InChI is InChI=1S/C13H13BrN2O3S2/c14-12-3-4-13(20-12)21(17,18)16-7-5-11(9-16)19-10-2-1-6-15-8-10/h1-4,6,8,11H,5,7,9H2/t11-/m1/s1. The first-order valence-electron chi connectivity index (χ1n) is 6.38. The Balaban J connectivity index is 1.69. The van der Waals surface area contributed by atoms with Gasteiger partial charge in [0.05, 0.1) is 16.5 Å². The zero-order valence-corrected chi connectivity index (χ0v) is 14.2. The van der Waals surface area contributed by atoms with Crippen molar-refractivity contribution in [3.63, 3.8) is 0 Å². The van der Waals surface area contributed by atoms with Gasteiger partial charge in [0.1, 0.15) is 16.1 Å². The molecular weight excluding hydrogens is 376 g/mol. The SMILES string of the molecule is O=S(=O)(c1ccc(Br)s1)N1CC[C@@H](Oc2cccnc2)C1. The molecule has 8 heteroatoms. The summed E-state index contributed by atoms with van der Waals surface area (Å²) in [5.41, 5.74) is 0. The van der Waals surface area contributed by atoms with E-state index in [4.69, 9.17) is 4.74 Å². The van der Waals surface area contributed by atoms with Crippen molar-refractivity contribution in [1.82, 2.24) is 9.29 Å². The van der Waals surface area contributed by atoms with Gasteiger partial charge in [-0.2, -0.15) is 4.31 Å². The average molecular weight is 389 g/mol. The van der Waals surface area contributed by atoms with E-state index in [2.05, 4.69) is 20.9 Å². The van der Waals surface area contributed by atoms with E-state index in [-0.39, 0.29) is 6.10 Å². The number of hydrogen-bond acceptors (Lipinski definition) is 5. The Morgan fingerprint density at radius 1 is 1.38 bits per heavy atom. The van der Waals surface area contributed by atoms with Crippen LogP contribution in [0.5, 0.6) is 5.75 Å². The highest BCUT2D eigenvalue weighted by molar-refractivity contribution is 9.11. The minimum Gasteiger partial charge on any atom is -0.487 e. The molecule has 2 aromatic heterocycles. The van der Waals surface area contributed by atoms with Crippen molar-refractivity contribution in [3.05, 3.63) is 40.4 Å². The fourth-order valence-corrected chi connectivity index (χ4v) is 5.84. The number of halogens is 1. The van der Waals surface area contributed by atoms with Crippen LogP contribution in [0.1, 0.15) is 6.42 Å². The molecule has 1 saturated heterocycles. The van der Waals surface area contributed by atoms with E-state index in [1.165, 1.54) is 15.6 Å². The van der Waals surface area contributed by atoms with Crippen molar-refractivity contribution in [2.24, 2.45) is 0 Å². The lowest BCUT2D eigenvalue weighted by molar-refractivity contribution is 0.215. The highest BCUT2D eigenvalue weighted by Crippen LogP contribution is 2.30. The number of sulfonamides is 1. The Morgan fingerprint density at radius 2 is 2.24 bits per heavy atom. The average Bonchev–Trinajstić information content (AvgIpc) is 3.10. The van der Waals surface area contributed by atoms with Gasteiger partial charge in [0.25, 0.3) is 10.0 Å². The molecule has 0 amide bonds. The van der Waals surface area contributed by atoms with E-state index in [1.54, 1.807) is 30.6 Å². The molecule has 0 bridgehead atoms. The fourth-order valence-electron chi connectivity index (χ4n) is 2.19. The lowest BCUT2D eigenvalue weighted by Gasteiger charge is -2.16. The molecule has 5 nitrogen and oxygen atoms in total. The van der Waals surface area contributed by atoms with Gasteiger partial charge in [0.2, 0.25) is 0 Å². The Kier molecular flexibility index (Phi) is 4.30. The lowest BCUT2D eigenvalue weighted by Crippen LogP contribution is -2.30. The number of rotatable bonds is 4. The second-order valence-corrected chi connectivity index (χ2v) is 9.27. The van der Waals surface area contributed by atoms with E-state index in [9.17, 15) is 8.42 Å². The Bertz CT molecular complexity index is 718. The van der Waals surface area contributed by atoms with Gasteiger partial charge in [-0.25, -0.2) is 8.42 Å². The van der Waals surface area contributed by atoms with Crippen LogP contribution in [0.4, 0.5) is 0 Å². The van der Waals surface area contributed by atoms with Crippen LogP contribution >= 0.6 is 27.3 Å². The number of pyridine rings is 1. The Morgan fingerprint density at radius 3 is 2.90 bits per heavy atom. The highest BCUT2D eigenvalue weighted by Gasteiger charge is 2.34. The second kappa shape index (κ2) is 6.04. The number of thiophene rings is 1. The van der Waals surface area contributed by atoms with Crippen molar-refractivity contribution >= 4 is 37.3 Å². The second-order valence-electron chi connectivity index (χ2n) is 4.64. The van der Waals surface area contributed by atoms with Gasteiger partial charge >= 0.3 is 0 Å². The molecule has 1 fully saturated rings. The first-order chi connectivity index (χ1) is 10.1. The molecule has 0 spiro atoms. The van der Waals surface area contributed by atoms with E-state index in [1.807, 2.05) is 6.07 Å². The third kappa shape index (κ3) is 3.28. The van der Waals surface area contributed by atoms with Crippen LogP contribution in [0.2, 0.25) is 0 Å².